The molecule has 8 nitrogen and oxygen atoms in total. The molecule has 0 aliphatic carbocycles. The second-order valence-corrected chi connectivity index (χ2v) is 6.78. The molecule has 0 unspecified atom stereocenters. The van der Waals surface area contributed by atoms with E-state index in [4.69, 9.17) is 0 Å². The third kappa shape index (κ3) is 4.33. The van der Waals surface area contributed by atoms with Crippen LogP contribution in [0.2, 0.25) is 0 Å². The van der Waals surface area contributed by atoms with Gasteiger partial charge in [-0.2, -0.15) is 0 Å². The van der Waals surface area contributed by atoms with Crippen molar-refractivity contribution in [3.8, 4) is 0 Å². The first-order valence-corrected chi connectivity index (χ1v) is 9.26. The summed E-state index contributed by atoms with van der Waals surface area (Å²) in [4.78, 5) is 31.8. The molecule has 144 valence electrons. The molecule has 27 heavy (non-hydrogen) atoms. The Hall–Kier alpha value is -2.74. The van der Waals surface area contributed by atoms with E-state index < -0.39 is 4.92 Å². The molecular formula is C19H25N5O3. The predicted octanol–water partition coefficient (Wildman–Crippen LogP) is 2.12. The van der Waals surface area contributed by atoms with Gasteiger partial charge in [0.25, 0.3) is 11.6 Å². The highest BCUT2D eigenvalue weighted by molar-refractivity contribution is 5.95. The maximum absolute atomic E-state index is 12.7. The Bertz CT molecular complexity index is 825. The van der Waals surface area contributed by atoms with Gasteiger partial charge >= 0.3 is 0 Å². The summed E-state index contributed by atoms with van der Waals surface area (Å²) >= 11 is 0. The van der Waals surface area contributed by atoms with Crippen molar-refractivity contribution < 1.29 is 9.72 Å². The van der Waals surface area contributed by atoms with E-state index in [0.29, 0.717) is 24.2 Å². The Morgan fingerprint density at radius 2 is 1.96 bits per heavy atom. The minimum atomic E-state index is -0.440. The van der Waals surface area contributed by atoms with Crippen LogP contribution in [0, 0.1) is 17.0 Å². The van der Waals surface area contributed by atoms with Crippen LogP contribution in [-0.2, 0) is 13.0 Å². The maximum atomic E-state index is 12.7. The van der Waals surface area contributed by atoms with Crippen LogP contribution in [0.15, 0.2) is 30.6 Å². The second-order valence-electron chi connectivity index (χ2n) is 6.78. The summed E-state index contributed by atoms with van der Waals surface area (Å²) < 4.78 is 2.17. The number of imidazole rings is 1. The van der Waals surface area contributed by atoms with Crippen LogP contribution in [-0.4, -0.2) is 62.9 Å². The van der Waals surface area contributed by atoms with Gasteiger partial charge < -0.3 is 9.47 Å². The van der Waals surface area contributed by atoms with Crippen molar-refractivity contribution in [1.29, 1.82) is 0 Å². The van der Waals surface area contributed by atoms with Crippen molar-refractivity contribution in [1.82, 2.24) is 19.4 Å². The SMILES string of the molecule is CCc1nccn1CCN1CCN(C(=O)c2ccc(C)c([N+](=O)[O-])c2)CC1. The number of nitro groups is 1. The van der Waals surface area contributed by atoms with Gasteiger partial charge in [0.05, 0.1) is 4.92 Å². The molecule has 1 aliphatic rings. The van der Waals surface area contributed by atoms with E-state index in [-0.39, 0.29) is 11.6 Å². The van der Waals surface area contributed by atoms with Crippen molar-refractivity contribution in [2.24, 2.45) is 0 Å². The van der Waals surface area contributed by atoms with Gasteiger partial charge in [-0.15, -0.1) is 0 Å². The number of hydrogen-bond donors (Lipinski definition) is 0. The molecule has 2 heterocycles. The molecule has 0 N–H and O–H groups in total. The monoisotopic (exact) mass is 371 g/mol. The van der Waals surface area contributed by atoms with Crippen molar-refractivity contribution in [2.45, 2.75) is 26.8 Å². The van der Waals surface area contributed by atoms with Crippen LogP contribution in [0.3, 0.4) is 0 Å². The average Bonchev–Trinajstić information content (AvgIpc) is 3.14. The number of amides is 1. The number of nitrogens with zero attached hydrogens (tertiary/aromatic N) is 5. The van der Waals surface area contributed by atoms with Crippen LogP contribution in [0.4, 0.5) is 5.69 Å². The van der Waals surface area contributed by atoms with E-state index in [9.17, 15) is 14.9 Å². The minimum absolute atomic E-state index is 0.00783. The number of aromatic nitrogens is 2. The highest BCUT2D eigenvalue weighted by atomic mass is 16.6. The van der Waals surface area contributed by atoms with Gasteiger partial charge in [0.2, 0.25) is 0 Å². The smallest absolute Gasteiger partial charge is 0.273 e. The molecule has 8 heteroatoms. The highest BCUT2D eigenvalue weighted by Crippen LogP contribution is 2.20. The van der Waals surface area contributed by atoms with Gasteiger partial charge in [0.15, 0.2) is 0 Å². The number of carbonyl (C=O) groups is 1. The molecule has 1 saturated heterocycles. The number of rotatable bonds is 6. The zero-order valence-corrected chi connectivity index (χ0v) is 15.8. The zero-order chi connectivity index (χ0) is 19.4. The van der Waals surface area contributed by atoms with E-state index in [1.165, 1.54) is 6.07 Å². The van der Waals surface area contributed by atoms with Gasteiger partial charge in [-0.3, -0.25) is 19.8 Å². The summed E-state index contributed by atoms with van der Waals surface area (Å²) in [5, 5.41) is 11.1. The lowest BCUT2D eigenvalue weighted by Gasteiger charge is -2.34. The number of piperazine rings is 1. The number of carbonyl (C=O) groups excluding carboxylic acids is 1. The Morgan fingerprint density at radius 3 is 2.63 bits per heavy atom. The fourth-order valence-electron chi connectivity index (χ4n) is 3.40. The summed E-state index contributed by atoms with van der Waals surface area (Å²) in [6, 6.07) is 4.69. The molecule has 1 aromatic heterocycles. The number of benzene rings is 1. The van der Waals surface area contributed by atoms with Crippen LogP contribution in [0.1, 0.15) is 28.7 Å². The third-order valence-corrected chi connectivity index (χ3v) is 5.09. The van der Waals surface area contributed by atoms with Crippen molar-refractivity contribution in [3.05, 3.63) is 57.7 Å². The zero-order valence-electron chi connectivity index (χ0n) is 15.8. The summed E-state index contributed by atoms with van der Waals surface area (Å²) in [6.45, 7) is 8.44. The van der Waals surface area contributed by atoms with E-state index in [2.05, 4.69) is 21.4 Å². The topological polar surface area (TPSA) is 84.5 Å². The molecule has 0 spiro atoms. The molecule has 0 saturated carbocycles. The van der Waals surface area contributed by atoms with Gasteiger partial charge in [-0.25, -0.2) is 4.98 Å². The quantitative estimate of drug-likeness (QED) is 0.574. The average molecular weight is 371 g/mol. The maximum Gasteiger partial charge on any atom is 0.273 e. The van der Waals surface area contributed by atoms with Crippen LogP contribution in [0.25, 0.3) is 0 Å². The first-order valence-electron chi connectivity index (χ1n) is 9.26. The van der Waals surface area contributed by atoms with E-state index in [0.717, 1.165) is 38.4 Å². The molecule has 1 aromatic carbocycles. The highest BCUT2D eigenvalue weighted by Gasteiger charge is 2.24. The van der Waals surface area contributed by atoms with Crippen molar-refractivity contribution in [2.75, 3.05) is 32.7 Å². The lowest BCUT2D eigenvalue weighted by Crippen LogP contribution is -2.49. The fraction of sp³-hybridized carbons (Fsp3) is 0.474. The normalized spacial score (nSPS) is 15.1. The van der Waals surface area contributed by atoms with Crippen LogP contribution in [0.5, 0.6) is 0 Å². The summed E-state index contributed by atoms with van der Waals surface area (Å²) in [5.74, 6) is 0.949. The molecule has 1 amide bonds. The van der Waals surface area contributed by atoms with Gasteiger partial charge in [0, 0.05) is 75.3 Å². The Morgan fingerprint density at radius 1 is 1.22 bits per heavy atom. The first kappa shape index (κ1) is 19.0. The summed E-state index contributed by atoms with van der Waals surface area (Å²) in [7, 11) is 0. The molecule has 1 aliphatic heterocycles. The van der Waals surface area contributed by atoms with E-state index >= 15 is 0 Å². The summed E-state index contributed by atoms with van der Waals surface area (Å²) in [5.41, 5.74) is 0.936. The lowest BCUT2D eigenvalue weighted by molar-refractivity contribution is -0.385. The number of hydrogen-bond acceptors (Lipinski definition) is 5. The second kappa shape index (κ2) is 8.30. The Kier molecular flexibility index (Phi) is 5.85. The largest absolute Gasteiger partial charge is 0.336 e. The van der Waals surface area contributed by atoms with Crippen LogP contribution < -0.4 is 0 Å². The van der Waals surface area contributed by atoms with Gasteiger partial charge in [-0.05, 0) is 13.0 Å². The molecule has 0 atom stereocenters. The molecule has 3 rings (SSSR count). The minimum Gasteiger partial charge on any atom is -0.336 e. The Balaban J connectivity index is 1.55. The van der Waals surface area contributed by atoms with E-state index in [1.807, 2.05) is 12.4 Å². The summed E-state index contributed by atoms with van der Waals surface area (Å²) in [6.07, 6.45) is 4.75. The van der Waals surface area contributed by atoms with Crippen molar-refractivity contribution in [3.63, 3.8) is 0 Å². The first-order chi connectivity index (χ1) is 13.0. The van der Waals surface area contributed by atoms with Crippen LogP contribution >= 0.6 is 0 Å². The molecule has 0 bridgehead atoms. The molecule has 2 aromatic rings. The fourth-order valence-corrected chi connectivity index (χ4v) is 3.40. The lowest BCUT2D eigenvalue weighted by atomic mass is 10.1. The predicted molar refractivity (Wildman–Crippen MR) is 102 cm³/mol. The third-order valence-electron chi connectivity index (χ3n) is 5.09. The van der Waals surface area contributed by atoms with Gasteiger partial charge in [-0.1, -0.05) is 13.0 Å². The molecule has 1 fully saturated rings. The standard InChI is InChI=1S/C19H25N5O3/c1-3-18-20-6-7-22(18)11-8-21-9-12-23(13-10-21)19(25)16-5-4-15(2)17(14-16)24(26)27/h4-7,14H,3,8-13H2,1-2H3. The van der Waals surface area contributed by atoms with Gasteiger partial charge in [0.1, 0.15) is 5.82 Å². The molecular weight excluding hydrogens is 346 g/mol. The number of nitro benzene ring substituents is 1. The van der Waals surface area contributed by atoms with Crippen molar-refractivity contribution >= 4 is 11.6 Å². The number of aryl methyl sites for hydroxylation is 2. The molecule has 0 radical (unpaired) electrons. The van der Waals surface area contributed by atoms with E-state index in [1.54, 1.807) is 24.0 Å². The Labute approximate surface area is 158 Å².